The largest absolute Gasteiger partial charge is 0.353 e. The first-order chi connectivity index (χ1) is 10.1. The molecule has 2 aliphatic heterocycles. The minimum absolute atomic E-state index is 0.0591. The predicted molar refractivity (Wildman–Crippen MR) is 77.4 cm³/mol. The average Bonchev–Trinajstić information content (AvgIpc) is 3.05. The van der Waals surface area contributed by atoms with Crippen LogP contribution >= 0.6 is 0 Å². The molecule has 7 heteroatoms. The number of fused-ring (bicyclic) bond motifs is 1. The zero-order valence-corrected chi connectivity index (χ0v) is 12.0. The quantitative estimate of drug-likeness (QED) is 0.513. The van der Waals surface area contributed by atoms with Gasteiger partial charge in [-0.15, -0.1) is 0 Å². The van der Waals surface area contributed by atoms with Crippen molar-refractivity contribution >= 4 is 11.5 Å². The molecule has 0 spiro atoms. The lowest BCUT2D eigenvalue weighted by Crippen LogP contribution is -2.38. The monoisotopic (exact) mass is 292 g/mol. The van der Waals surface area contributed by atoms with Crippen LogP contribution in [0.1, 0.15) is 29.8 Å². The van der Waals surface area contributed by atoms with Crippen molar-refractivity contribution < 1.29 is 9.72 Å². The van der Waals surface area contributed by atoms with Gasteiger partial charge in [-0.05, 0) is 38.9 Å². The van der Waals surface area contributed by atoms with Crippen LogP contribution in [0.2, 0.25) is 0 Å². The molecule has 3 rings (SSSR count). The SMILES string of the molecule is O=C(CN1CCCN2CCCC2C1)c1cc([N+](=O)[O-])c[nH]1. The van der Waals surface area contributed by atoms with Crippen LogP contribution in [0.4, 0.5) is 5.69 Å². The summed E-state index contributed by atoms with van der Waals surface area (Å²) in [6, 6.07) is 1.89. The van der Waals surface area contributed by atoms with Gasteiger partial charge in [-0.1, -0.05) is 0 Å². The van der Waals surface area contributed by atoms with Crippen molar-refractivity contribution in [2.24, 2.45) is 0 Å². The minimum atomic E-state index is -0.490. The fraction of sp³-hybridized carbons (Fsp3) is 0.643. The number of aromatic nitrogens is 1. The van der Waals surface area contributed by atoms with E-state index in [1.807, 2.05) is 0 Å². The van der Waals surface area contributed by atoms with E-state index in [0.717, 1.165) is 26.1 Å². The molecule has 21 heavy (non-hydrogen) atoms. The number of nitro groups is 1. The number of aromatic amines is 1. The zero-order chi connectivity index (χ0) is 14.8. The van der Waals surface area contributed by atoms with Gasteiger partial charge in [0.05, 0.1) is 23.4 Å². The third kappa shape index (κ3) is 3.14. The van der Waals surface area contributed by atoms with Gasteiger partial charge in [-0.3, -0.25) is 24.7 Å². The highest BCUT2D eigenvalue weighted by Crippen LogP contribution is 2.21. The Labute approximate surface area is 123 Å². The first-order valence-electron chi connectivity index (χ1n) is 7.46. The number of H-pyrrole nitrogens is 1. The molecule has 0 amide bonds. The number of rotatable bonds is 4. The second kappa shape index (κ2) is 5.95. The highest BCUT2D eigenvalue weighted by Gasteiger charge is 2.29. The zero-order valence-electron chi connectivity index (χ0n) is 12.0. The Morgan fingerprint density at radius 1 is 1.38 bits per heavy atom. The number of hydrogen-bond donors (Lipinski definition) is 1. The molecular weight excluding hydrogens is 272 g/mol. The molecule has 0 aliphatic carbocycles. The summed E-state index contributed by atoms with van der Waals surface area (Å²) in [5, 5.41) is 10.7. The van der Waals surface area contributed by atoms with Crippen LogP contribution in [-0.2, 0) is 0 Å². The highest BCUT2D eigenvalue weighted by atomic mass is 16.6. The van der Waals surface area contributed by atoms with Crippen LogP contribution in [0.25, 0.3) is 0 Å². The maximum atomic E-state index is 12.2. The van der Waals surface area contributed by atoms with Crippen molar-refractivity contribution in [3.63, 3.8) is 0 Å². The highest BCUT2D eigenvalue weighted by molar-refractivity contribution is 5.96. The lowest BCUT2D eigenvalue weighted by Gasteiger charge is -2.24. The number of hydrogen-bond acceptors (Lipinski definition) is 5. The molecule has 0 radical (unpaired) electrons. The standard InChI is InChI=1S/C14H20N4O3/c19-14(13-7-12(8-15-13)18(20)21)10-16-4-2-6-17-5-1-3-11(17)9-16/h7-8,11,15H,1-6,9-10H2. The van der Waals surface area contributed by atoms with E-state index >= 15 is 0 Å². The molecule has 0 bridgehead atoms. The maximum absolute atomic E-state index is 12.2. The molecule has 1 aromatic heterocycles. The molecule has 1 atom stereocenters. The van der Waals surface area contributed by atoms with Gasteiger partial charge in [-0.2, -0.15) is 0 Å². The number of nitrogens with one attached hydrogen (secondary N) is 1. The molecule has 114 valence electrons. The van der Waals surface area contributed by atoms with Crippen molar-refractivity contribution in [1.82, 2.24) is 14.8 Å². The number of carbonyl (C=O) groups is 1. The Morgan fingerprint density at radius 2 is 2.19 bits per heavy atom. The average molecular weight is 292 g/mol. The van der Waals surface area contributed by atoms with Crippen molar-refractivity contribution in [2.45, 2.75) is 25.3 Å². The molecule has 0 saturated carbocycles. The fourth-order valence-electron chi connectivity index (χ4n) is 3.36. The van der Waals surface area contributed by atoms with E-state index in [1.165, 1.54) is 31.6 Å². The topological polar surface area (TPSA) is 82.5 Å². The van der Waals surface area contributed by atoms with Crippen LogP contribution in [0.3, 0.4) is 0 Å². The number of ketones is 1. The van der Waals surface area contributed by atoms with Gasteiger partial charge in [0.25, 0.3) is 5.69 Å². The molecule has 2 aliphatic rings. The predicted octanol–water partition coefficient (Wildman–Crippen LogP) is 1.28. The summed E-state index contributed by atoms with van der Waals surface area (Å²) in [7, 11) is 0. The minimum Gasteiger partial charge on any atom is -0.353 e. The van der Waals surface area contributed by atoms with Gasteiger partial charge >= 0.3 is 0 Å². The van der Waals surface area contributed by atoms with E-state index in [-0.39, 0.29) is 11.5 Å². The summed E-state index contributed by atoms with van der Waals surface area (Å²) in [4.78, 5) is 29.8. The van der Waals surface area contributed by atoms with Crippen molar-refractivity contribution in [1.29, 1.82) is 0 Å². The number of nitrogens with zero attached hydrogens (tertiary/aromatic N) is 3. The van der Waals surface area contributed by atoms with Gasteiger partial charge in [-0.25, -0.2) is 0 Å². The smallest absolute Gasteiger partial charge is 0.287 e. The Balaban J connectivity index is 1.62. The van der Waals surface area contributed by atoms with Gasteiger partial charge in [0.2, 0.25) is 0 Å². The van der Waals surface area contributed by atoms with E-state index in [4.69, 9.17) is 0 Å². The first-order valence-corrected chi connectivity index (χ1v) is 7.46. The summed E-state index contributed by atoms with van der Waals surface area (Å²) in [6.45, 7) is 4.47. The van der Waals surface area contributed by atoms with E-state index < -0.39 is 4.92 Å². The molecular formula is C14H20N4O3. The number of carbonyl (C=O) groups excluding carboxylic acids is 1. The molecule has 2 fully saturated rings. The van der Waals surface area contributed by atoms with E-state index in [2.05, 4.69) is 14.8 Å². The third-order valence-electron chi connectivity index (χ3n) is 4.43. The maximum Gasteiger partial charge on any atom is 0.287 e. The molecule has 7 nitrogen and oxygen atoms in total. The first kappa shape index (κ1) is 14.2. The van der Waals surface area contributed by atoms with E-state index in [9.17, 15) is 14.9 Å². The summed E-state index contributed by atoms with van der Waals surface area (Å²) in [5.41, 5.74) is 0.269. The van der Waals surface area contributed by atoms with Crippen LogP contribution in [0.15, 0.2) is 12.3 Å². The van der Waals surface area contributed by atoms with Gasteiger partial charge in [0.1, 0.15) is 0 Å². The van der Waals surface area contributed by atoms with Gasteiger partial charge in [0.15, 0.2) is 5.78 Å². The molecule has 1 unspecified atom stereocenters. The summed E-state index contributed by atoms with van der Waals surface area (Å²) in [5.74, 6) is -0.0745. The Bertz CT molecular complexity index is 542. The second-order valence-electron chi connectivity index (χ2n) is 5.87. The summed E-state index contributed by atoms with van der Waals surface area (Å²) < 4.78 is 0. The van der Waals surface area contributed by atoms with Gasteiger partial charge < -0.3 is 4.98 Å². The number of Topliss-reactive ketones (excluding diaryl/α,β-unsaturated/α-hetero) is 1. The van der Waals surface area contributed by atoms with Crippen LogP contribution < -0.4 is 0 Å². The summed E-state index contributed by atoms with van der Waals surface area (Å²) in [6.07, 6.45) is 4.80. The molecule has 2 saturated heterocycles. The lowest BCUT2D eigenvalue weighted by atomic mass is 10.2. The molecule has 0 aromatic carbocycles. The normalized spacial score (nSPS) is 23.7. The molecule has 1 aromatic rings. The Morgan fingerprint density at radius 3 is 2.95 bits per heavy atom. The Kier molecular flexibility index (Phi) is 4.03. The fourth-order valence-corrected chi connectivity index (χ4v) is 3.36. The van der Waals surface area contributed by atoms with E-state index in [0.29, 0.717) is 18.3 Å². The Hall–Kier alpha value is -1.73. The second-order valence-corrected chi connectivity index (χ2v) is 5.87. The molecule has 3 heterocycles. The van der Waals surface area contributed by atoms with Crippen LogP contribution in [0.5, 0.6) is 0 Å². The third-order valence-corrected chi connectivity index (χ3v) is 4.43. The van der Waals surface area contributed by atoms with Crippen LogP contribution in [0, 0.1) is 10.1 Å². The van der Waals surface area contributed by atoms with Crippen molar-refractivity contribution in [3.05, 3.63) is 28.1 Å². The van der Waals surface area contributed by atoms with Crippen LogP contribution in [-0.4, -0.2) is 64.3 Å². The van der Waals surface area contributed by atoms with Crippen molar-refractivity contribution in [2.75, 3.05) is 32.7 Å². The van der Waals surface area contributed by atoms with E-state index in [1.54, 1.807) is 0 Å². The molecule has 1 N–H and O–H groups in total. The van der Waals surface area contributed by atoms with Gasteiger partial charge in [0, 0.05) is 18.7 Å². The van der Waals surface area contributed by atoms with Crippen molar-refractivity contribution in [3.8, 4) is 0 Å². The lowest BCUT2D eigenvalue weighted by molar-refractivity contribution is -0.384. The summed E-state index contributed by atoms with van der Waals surface area (Å²) >= 11 is 0.